The zero-order valence-electron chi connectivity index (χ0n) is 16.7. The summed E-state index contributed by atoms with van der Waals surface area (Å²) >= 11 is 0. The first-order valence-corrected chi connectivity index (χ1v) is 9.55. The van der Waals surface area contributed by atoms with Gasteiger partial charge in [0.1, 0.15) is 5.69 Å². The minimum Gasteiger partial charge on any atom is -0.479 e. The number of aliphatic hydroxyl groups excluding tert-OH is 1. The monoisotopic (exact) mass is 444 g/mol. The second kappa shape index (κ2) is 9.61. The summed E-state index contributed by atoms with van der Waals surface area (Å²) in [6.07, 6.45) is -0.946. The molecule has 0 saturated heterocycles. The van der Waals surface area contributed by atoms with Gasteiger partial charge in [-0.15, -0.1) is 0 Å². The third-order valence-electron chi connectivity index (χ3n) is 4.71. The number of benzene rings is 2. The number of carbonyl (C=O) groups is 2. The highest BCUT2D eigenvalue weighted by Gasteiger charge is 2.30. The van der Waals surface area contributed by atoms with Gasteiger partial charge in [-0.3, -0.25) is 9.48 Å². The number of carboxylic acids is 1. The van der Waals surface area contributed by atoms with Crippen molar-refractivity contribution in [3.8, 4) is 0 Å². The Morgan fingerprint density at radius 1 is 1.03 bits per heavy atom. The molecule has 6 nitrogen and oxygen atoms in total. The summed E-state index contributed by atoms with van der Waals surface area (Å²) in [5.74, 6) is -1.72. The van der Waals surface area contributed by atoms with E-state index < -0.39 is 29.6 Å². The maximum Gasteiger partial charge on any atom is 0.416 e. The minimum atomic E-state index is -4.47. The van der Waals surface area contributed by atoms with Crippen molar-refractivity contribution in [2.75, 3.05) is 0 Å². The molecule has 0 saturated carbocycles. The van der Waals surface area contributed by atoms with Crippen LogP contribution in [-0.4, -0.2) is 37.9 Å². The fourth-order valence-electron chi connectivity index (χ4n) is 2.99. The van der Waals surface area contributed by atoms with E-state index in [4.69, 9.17) is 5.11 Å². The number of alkyl halides is 3. The Labute approximate surface area is 181 Å². The molecule has 0 aliphatic carbocycles. The third-order valence-corrected chi connectivity index (χ3v) is 4.71. The predicted molar refractivity (Wildman–Crippen MR) is 110 cm³/mol. The van der Waals surface area contributed by atoms with Crippen molar-refractivity contribution in [3.63, 3.8) is 0 Å². The number of carboxylic acid groups (broad SMARTS) is 1. The fraction of sp³-hybridized carbons (Fsp3) is 0.174. The van der Waals surface area contributed by atoms with E-state index in [1.165, 1.54) is 16.9 Å². The van der Waals surface area contributed by atoms with Crippen molar-refractivity contribution in [2.45, 2.75) is 25.2 Å². The first-order chi connectivity index (χ1) is 15.1. The topological polar surface area (TPSA) is 92.4 Å². The highest BCUT2D eigenvalue weighted by atomic mass is 19.4. The quantitative estimate of drug-likeness (QED) is 0.515. The van der Waals surface area contributed by atoms with Gasteiger partial charge in [0, 0.05) is 18.2 Å². The van der Waals surface area contributed by atoms with Crippen LogP contribution in [0.5, 0.6) is 0 Å². The SMILES string of the molecule is O=C(c1ccc(C(F)(F)F)cc1)c1ccnn1C/C=C/c1ccc(C[C@H](O)C(=O)O)cc1. The summed E-state index contributed by atoms with van der Waals surface area (Å²) in [6.45, 7) is 0.258. The third kappa shape index (κ3) is 5.70. The number of halogens is 3. The van der Waals surface area contributed by atoms with Crippen LogP contribution in [0.3, 0.4) is 0 Å². The second-order valence-electron chi connectivity index (χ2n) is 7.00. The molecule has 0 unspecified atom stereocenters. The van der Waals surface area contributed by atoms with Gasteiger partial charge in [0.15, 0.2) is 6.10 Å². The molecule has 0 fully saturated rings. The molecule has 1 aromatic heterocycles. The number of carbonyl (C=O) groups excluding carboxylic acids is 1. The summed E-state index contributed by atoms with van der Waals surface area (Å²) in [5.41, 5.74) is 1.04. The van der Waals surface area contributed by atoms with Gasteiger partial charge >= 0.3 is 12.1 Å². The van der Waals surface area contributed by atoms with Crippen LogP contribution in [0.15, 0.2) is 66.9 Å². The van der Waals surface area contributed by atoms with Gasteiger partial charge in [0.25, 0.3) is 0 Å². The Balaban J connectivity index is 1.65. The molecule has 166 valence electrons. The van der Waals surface area contributed by atoms with Crippen LogP contribution >= 0.6 is 0 Å². The number of aliphatic hydroxyl groups is 1. The standard InChI is InChI=1S/C23H19F3N2O4/c24-23(25,26)18-9-7-17(8-10-18)21(30)19-11-12-27-28(19)13-1-2-15-3-5-16(6-4-15)14-20(29)22(31)32/h1-12,20,29H,13-14H2,(H,31,32)/b2-1+/t20-/m0/s1. The van der Waals surface area contributed by atoms with Crippen LogP contribution in [0.25, 0.3) is 6.08 Å². The molecular weight excluding hydrogens is 425 g/mol. The first-order valence-electron chi connectivity index (χ1n) is 9.55. The zero-order valence-corrected chi connectivity index (χ0v) is 16.7. The summed E-state index contributed by atoms with van der Waals surface area (Å²) in [7, 11) is 0. The Hall–Kier alpha value is -3.72. The largest absolute Gasteiger partial charge is 0.479 e. The van der Waals surface area contributed by atoms with E-state index >= 15 is 0 Å². The Morgan fingerprint density at radius 3 is 2.28 bits per heavy atom. The highest BCUT2D eigenvalue weighted by Crippen LogP contribution is 2.29. The van der Waals surface area contributed by atoms with E-state index in [1.807, 2.05) is 0 Å². The maximum atomic E-state index is 12.7. The zero-order chi connectivity index (χ0) is 23.3. The van der Waals surface area contributed by atoms with Crippen molar-refractivity contribution in [3.05, 3.63) is 94.8 Å². The summed E-state index contributed by atoms with van der Waals surface area (Å²) in [6, 6.07) is 12.5. The van der Waals surface area contributed by atoms with Gasteiger partial charge < -0.3 is 10.2 Å². The smallest absolute Gasteiger partial charge is 0.416 e. The number of aromatic nitrogens is 2. The van der Waals surface area contributed by atoms with Gasteiger partial charge in [-0.05, 0) is 29.3 Å². The molecule has 9 heteroatoms. The highest BCUT2D eigenvalue weighted by molar-refractivity contribution is 6.07. The van der Waals surface area contributed by atoms with Gasteiger partial charge in [-0.25, -0.2) is 4.79 Å². The normalized spacial score (nSPS) is 12.8. The van der Waals surface area contributed by atoms with E-state index in [0.717, 1.165) is 29.8 Å². The lowest BCUT2D eigenvalue weighted by molar-refractivity contribution is -0.146. The van der Waals surface area contributed by atoms with Gasteiger partial charge in [-0.2, -0.15) is 18.3 Å². The molecule has 0 spiro atoms. The van der Waals surface area contributed by atoms with E-state index in [2.05, 4.69) is 5.10 Å². The molecule has 3 rings (SSSR count). The molecule has 1 heterocycles. The molecule has 0 radical (unpaired) electrons. The summed E-state index contributed by atoms with van der Waals surface area (Å²) in [5, 5.41) is 22.2. The predicted octanol–water partition coefficient (Wildman–Crippen LogP) is 3.83. The molecule has 32 heavy (non-hydrogen) atoms. The van der Waals surface area contributed by atoms with Crippen molar-refractivity contribution in [1.82, 2.24) is 9.78 Å². The molecular formula is C23H19F3N2O4. The van der Waals surface area contributed by atoms with Crippen LogP contribution in [0.2, 0.25) is 0 Å². The molecule has 2 aromatic carbocycles. The van der Waals surface area contributed by atoms with E-state index in [1.54, 1.807) is 36.4 Å². The number of ketones is 1. The lowest BCUT2D eigenvalue weighted by Crippen LogP contribution is -2.21. The molecule has 2 N–H and O–H groups in total. The molecule has 1 atom stereocenters. The number of nitrogens with zero attached hydrogens (tertiary/aromatic N) is 2. The minimum absolute atomic E-state index is 0.00202. The number of hydrogen-bond donors (Lipinski definition) is 2. The van der Waals surface area contributed by atoms with Gasteiger partial charge in [0.05, 0.1) is 12.1 Å². The van der Waals surface area contributed by atoms with Crippen LogP contribution in [0.1, 0.15) is 32.7 Å². The average Bonchev–Trinajstić information content (AvgIpc) is 3.22. The molecule has 0 bridgehead atoms. The van der Waals surface area contributed by atoms with Gasteiger partial charge in [0.2, 0.25) is 5.78 Å². The lowest BCUT2D eigenvalue weighted by Gasteiger charge is -2.08. The Morgan fingerprint density at radius 2 is 1.69 bits per heavy atom. The average molecular weight is 444 g/mol. The number of aliphatic carboxylic acids is 1. The summed E-state index contributed by atoms with van der Waals surface area (Å²) < 4.78 is 39.6. The van der Waals surface area contributed by atoms with Crippen LogP contribution in [-0.2, 0) is 23.9 Å². The van der Waals surface area contributed by atoms with Crippen molar-refractivity contribution in [1.29, 1.82) is 0 Å². The van der Waals surface area contributed by atoms with Crippen molar-refractivity contribution >= 4 is 17.8 Å². The van der Waals surface area contributed by atoms with Gasteiger partial charge in [-0.1, -0.05) is 48.6 Å². The number of rotatable bonds is 8. The molecule has 3 aromatic rings. The van der Waals surface area contributed by atoms with E-state index in [-0.39, 0.29) is 24.2 Å². The maximum absolute atomic E-state index is 12.7. The van der Waals surface area contributed by atoms with Crippen molar-refractivity contribution in [2.24, 2.45) is 0 Å². The second-order valence-corrected chi connectivity index (χ2v) is 7.00. The van der Waals surface area contributed by atoms with Crippen LogP contribution in [0, 0.1) is 0 Å². The molecule has 0 amide bonds. The van der Waals surface area contributed by atoms with E-state index in [0.29, 0.717) is 5.56 Å². The van der Waals surface area contributed by atoms with Crippen molar-refractivity contribution < 1.29 is 33.0 Å². The Bertz CT molecular complexity index is 1120. The molecule has 0 aliphatic heterocycles. The number of hydrogen-bond acceptors (Lipinski definition) is 4. The molecule has 0 aliphatic rings. The van der Waals surface area contributed by atoms with E-state index in [9.17, 15) is 27.9 Å². The first kappa shape index (κ1) is 23.0. The van der Waals surface area contributed by atoms with Crippen LogP contribution < -0.4 is 0 Å². The number of allylic oxidation sites excluding steroid dienone is 1. The van der Waals surface area contributed by atoms with Crippen LogP contribution in [0.4, 0.5) is 13.2 Å². The fourth-order valence-corrected chi connectivity index (χ4v) is 2.99. The Kier molecular flexibility index (Phi) is 6.89. The lowest BCUT2D eigenvalue weighted by atomic mass is 10.1. The summed E-state index contributed by atoms with van der Waals surface area (Å²) in [4.78, 5) is 23.4.